The molecule has 1 aromatic rings. The minimum atomic E-state index is -0.790. The number of rotatable bonds is 9. The van der Waals surface area contributed by atoms with Crippen molar-refractivity contribution < 1.29 is 14.6 Å². The van der Waals surface area contributed by atoms with Gasteiger partial charge in [-0.3, -0.25) is 4.79 Å². The molecule has 7 heteroatoms. The Morgan fingerprint density at radius 1 is 1.33 bits per heavy atom. The molecule has 100 valence electrons. The van der Waals surface area contributed by atoms with Crippen molar-refractivity contribution in [1.82, 2.24) is 9.97 Å². The summed E-state index contributed by atoms with van der Waals surface area (Å²) in [6.07, 6.45) is 2.16. The summed E-state index contributed by atoms with van der Waals surface area (Å²) >= 11 is 0. The summed E-state index contributed by atoms with van der Waals surface area (Å²) < 4.78 is 4.92. The summed E-state index contributed by atoms with van der Waals surface area (Å²) in [5.74, 6) is 0.597. The number of carbonyl (C=O) groups is 1. The molecule has 0 bridgehead atoms. The van der Waals surface area contributed by atoms with Gasteiger partial charge in [0, 0.05) is 32.7 Å². The first-order valence-corrected chi connectivity index (χ1v) is 5.73. The van der Waals surface area contributed by atoms with E-state index in [0.29, 0.717) is 37.8 Å². The summed E-state index contributed by atoms with van der Waals surface area (Å²) in [6.45, 7) is 1.85. The molecule has 0 aromatic carbocycles. The summed E-state index contributed by atoms with van der Waals surface area (Å²) in [7, 11) is 1.64. The maximum Gasteiger partial charge on any atom is 0.303 e. The standard InChI is InChI=1S/C11H18N4O3/c1-18-6-5-13-10-7-9(14-8-15-10)12-4-2-3-11(16)17/h7-8H,2-6H2,1H3,(H,16,17)(H2,12,13,14,15). The Labute approximate surface area is 106 Å². The van der Waals surface area contributed by atoms with E-state index in [1.807, 2.05) is 0 Å². The largest absolute Gasteiger partial charge is 0.481 e. The van der Waals surface area contributed by atoms with Gasteiger partial charge in [-0.2, -0.15) is 0 Å². The predicted molar refractivity (Wildman–Crippen MR) is 67.8 cm³/mol. The lowest BCUT2D eigenvalue weighted by Gasteiger charge is -2.07. The third-order valence-corrected chi connectivity index (χ3v) is 2.15. The molecular formula is C11H18N4O3. The summed E-state index contributed by atoms with van der Waals surface area (Å²) in [4.78, 5) is 18.4. The van der Waals surface area contributed by atoms with Crippen LogP contribution in [0.15, 0.2) is 12.4 Å². The number of methoxy groups -OCH3 is 1. The number of aliphatic carboxylic acids is 1. The number of aromatic nitrogens is 2. The fourth-order valence-corrected chi connectivity index (χ4v) is 1.29. The lowest BCUT2D eigenvalue weighted by molar-refractivity contribution is -0.137. The number of carboxylic acid groups (broad SMARTS) is 1. The van der Waals surface area contributed by atoms with Gasteiger partial charge in [-0.05, 0) is 6.42 Å². The Bertz CT molecular complexity index is 373. The highest BCUT2D eigenvalue weighted by molar-refractivity contribution is 5.66. The maximum absolute atomic E-state index is 10.3. The molecule has 1 heterocycles. The third-order valence-electron chi connectivity index (χ3n) is 2.15. The molecule has 0 aliphatic rings. The molecule has 18 heavy (non-hydrogen) atoms. The smallest absolute Gasteiger partial charge is 0.303 e. The predicted octanol–water partition coefficient (Wildman–Crippen LogP) is 0.812. The molecule has 0 atom stereocenters. The molecule has 0 aliphatic heterocycles. The number of nitrogens with one attached hydrogen (secondary N) is 2. The molecule has 0 radical (unpaired) electrons. The van der Waals surface area contributed by atoms with E-state index in [1.54, 1.807) is 13.2 Å². The first kappa shape index (κ1) is 14.2. The van der Waals surface area contributed by atoms with E-state index in [9.17, 15) is 4.79 Å². The number of nitrogens with zero attached hydrogens (tertiary/aromatic N) is 2. The Morgan fingerprint density at radius 2 is 2.00 bits per heavy atom. The second-order valence-corrected chi connectivity index (χ2v) is 3.63. The minimum absolute atomic E-state index is 0.150. The van der Waals surface area contributed by atoms with Crippen molar-refractivity contribution in [3.63, 3.8) is 0 Å². The summed E-state index contributed by atoms with van der Waals surface area (Å²) in [5.41, 5.74) is 0. The first-order chi connectivity index (χ1) is 8.72. The van der Waals surface area contributed by atoms with Crippen LogP contribution in [0.25, 0.3) is 0 Å². The SMILES string of the molecule is COCCNc1cc(NCCCC(=O)O)ncn1. The zero-order valence-electron chi connectivity index (χ0n) is 10.3. The van der Waals surface area contributed by atoms with Gasteiger partial charge in [0.2, 0.25) is 0 Å². The zero-order chi connectivity index (χ0) is 13.2. The molecule has 0 fully saturated rings. The van der Waals surface area contributed by atoms with Crippen LogP contribution in [0.3, 0.4) is 0 Å². The Balaban J connectivity index is 2.32. The van der Waals surface area contributed by atoms with Gasteiger partial charge in [-0.15, -0.1) is 0 Å². The number of ether oxygens (including phenoxy) is 1. The molecule has 0 unspecified atom stereocenters. The topological polar surface area (TPSA) is 96.4 Å². The quantitative estimate of drug-likeness (QED) is 0.561. The normalized spacial score (nSPS) is 10.1. The molecule has 0 amide bonds. The summed E-state index contributed by atoms with van der Waals surface area (Å²) in [6, 6.07) is 1.77. The molecule has 7 nitrogen and oxygen atoms in total. The molecule has 0 aliphatic carbocycles. The molecule has 0 spiro atoms. The Morgan fingerprint density at radius 3 is 2.61 bits per heavy atom. The number of carboxylic acids is 1. The maximum atomic E-state index is 10.3. The van der Waals surface area contributed by atoms with Crippen molar-refractivity contribution in [2.75, 3.05) is 37.4 Å². The van der Waals surface area contributed by atoms with E-state index in [4.69, 9.17) is 9.84 Å². The Hall–Kier alpha value is -1.89. The van der Waals surface area contributed by atoms with Crippen molar-refractivity contribution >= 4 is 17.6 Å². The molecule has 1 aromatic heterocycles. The van der Waals surface area contributed by atoms with Crippen LogP contribution in [-0.4, -0.2) is 47.8 Å². The van der Waals surface area contributed by atoms with Crippen molar-refractivity contribution in [3.05, 3.63) is 12.4 Å². The average molecular weight is 254 g/mol. The van der Waals surface area contributed by atoms with E-state index < -0.39 is 5.97 Å². The second-order valence-electron chi connectivity index (χ2n) is 3.63. The number of hydrogen-bond acceptors (Lipinski definition) is 6. The fraction of sp³-hybridized carbons (Fsp3) is 0.545. The monoisotopic (exact) mass is 254 g/mol. The van der Waals surface area contributed by atoms with E-state index in [1.165, 1.54) is 6.33 Å². The van der Waals surface area contributed by atoms with Crippen molar-refractivity contribution in [3.8, 4) is 0 Å². The van der Waals surface area contributed by atoms with E-state index in [-0.39, 0.29) is 6.42 Å². The van der Waals surface area contributed by atoms with E-state index in [0.717, 1.165) is 0 Å². The molecule has 0 saturated heterocycles. The summed E-state index contributed by atoms with van der Waals surface area (Å²) in [5, 5.41) is 14.6. The highest BCUT2D eigenvalue weighted by Crippen LogP contribution is 2.08. The van der Waals surface area contributed by atoms with Gasteiger partial charge in [-0.1, -0.05) is 0 Å². The van der Waals surface area contributed by atoms with Gasteiger partial charge < -0.3 is 20.5 Å². The second kappa shape index (κ2) is 8.24. The van der Waals surface area contributed by atoms with Crippen LogP contribution in [0.2, 0.25) is 0 Å². The van der Waals surface area contributed by atoms with Crippen molar-refractivity contribution in [2.24, 2.45) is 0 Å². The molecule has 3 N–H and O–H groups in total. The van der Waals surface area contributed by atoms with Gasteiger partial charge in [0.1, 0.15) is 18.0 Å². The highest BCUT2D eigenvalue weighted by atomic mass is 16.5. The van der Waals surface area contributed by atoms with Crippen LogP contribution in [-0.2, 0) is 9.53 Å². The van der Waals surface area contributed by atoms with E-state index >= 15 is 0 Å². The fourth-order valence-electron chi connectivity index (χ4n) is 1.29. The van der Waals surface area contributed by atoms with Crippen LogP contribution in [0, 0.1) is 0 Å². The van der Waals surface area contributed by atoms with Gasteiger partial charge >= 0.3 is 5.97 Å². The number of hydrogen-bond donors (Lipinski definition) is 3. The molecule has 1 rings (SSSR count). The average Bonchev–Trinajstić information content (AvgIpc) is 2.35. The van der Waals surface area contributed by atoms with Crippen LogP contribution in [0.5, 0.6) is 0 Å². The van der Waals surface area contributed by atoms with Crippen molar-refractivity contribution in [1.29, 1.82) is 0 Å². The van der Waals surface area contributed by atoms with Gasteiger partial charge in [0.25, 0.3) is 0 Å². The molecule has 0 saturated carbocycles. The molecular weight excluding hydrogens is 236 g/mol. The first-order valence-electron chi connectivity index (χ1n) is 5.73. The van der Waals surface area contributed by atoms with Crippen LogP contribution < -0.4 is 10.6 Å². The van der Waals surface area contributed by atoms with E-state index in [2.05, 4.69) is 20.6 Å². The van der Waals surface area contributed by atoms with Gasteiger partial charge in [-0.25, -0.2) is 9.97 Å². The van der Waals surface area contributed by atoms with Gasteiger partial charge in [0.15, 0.2) is 0 Å². The minimum Gasteiger partial charge on any atom is -0.481 e. The van der Waals surface area contributed by atoms with Crippen LogP contribution >= 0.6 is 0 Å². The lowest BCUT2D eigenvalue weighted by atomic mass is 10.3. The third kappa shape index (κ3) is 6.00. The highest BCUT2D eigenvalue weighted by Gasteiger charge is 1.99. The Kier molecular flexibility index (Phi) is 6.49. The zero-order valence-corrected chi connectivity index (χ0v) is 10.3. The van der Waals surface area contributed by atoms with Crippen molar-refractivity contribution in [2.45, 2.75) is 12.8 Å². The van der Waals surface area contributed by atoms with Crippen LogP contribution in [0.4, 0.5) is 11.6 Å². The van der Waals surface area contributed by atoms with Crippen LogP contribution in [0.1, 0.15) is 12.8 Å². The number of anilines is 2. The lowest BCUT2D eigenvalue weighted by Crippen LogP contribution is -2.10. The van der Waals surface area contributed by atoms with Gasteiger partial charge in [0.05, 0.1) is 6.61 Å².